The van der Waals surface area contributed by atoms with Gasteiger partial charge in [0.2, 0.25) is 11.8 Å². The molecule has 186 valence electrons. The number of benzene rings is 1. The van der Waals surface area contributed by atoms with E-state index in [9.17, 15) is 19.5 Å². The molecule has 0 saturated carbocycles. The highest BCUT2D eigenvalue weighted by atomic mass is 32.2. The maximum absolute atomic E-state index is 14.3. The molecule has 35 heavy (non-hydrogen) atoms. The number of hydrogen-bond acceptors (Lipinski definition) is 6. The molecule has 1 aromatic carbocycles. The molecule has 8 heteroatoms. The van der Waals surface area contributed by atoms with E-state index in [0.29, 0.717) is 25.9 Å². The molecule has 7 nitrogen and oxygen atoms in total. The van der Waals surface area contributed by atoms with Crippen LogP contribution in [0.2, 0.25) is 0 Å². The fourth-order valence-corrected chi connectivity index (χ4v) is 8.37. The number of esters is 1. The molecule has 2 saturated heterocycles. The summed E-state index contributed by atoms with van der Waals surface area (Å²) in [6, 6.07) is 8.47. The lowest BCUT2D eigenvalue weighted by atomic mass is 9.74. The van der Waals surface area contributed by atoms with Crippen molar-refractivity contribution in [2.24, 2.45) is 11.8 Å². The molecular formula is C27H32N2O5S. The molecule has 1 spiro atoms. The summed E-state index contributed by atoms with van der Waals surface area (Å²) in [4.78, 5) is 45.0. The van der Waals surface area contributed by atoms with Gasteiger partial charge in [-0.2, -0.15) is 0 Å². The molecule has 2 fully saturated rings. The van der Waals surface area contributed by atoms with Crippen molar-refractivity contribution in [1.29, 1.82) is 0 Å². The van der Waals surface area contributed by atoms with Gasteiger partial charge in [0, 0.05) is 17.8 Å². The Kier molecular flexibility index (Phi) is 6.30. The molecule has 1 aromatic rings. The number of ether oxygens (including phenoxy) is 1. The Morgan fingerprint density at radius 3 is 2.60 bits per heavy atom. The van der Waals surface area contributed by atoms with Crippen molar-refractivity contribution in [2.45, 2.75) is 54.8 Å². The molecule has 0 aromatic heterocycles. The van der Waals surface area contributed by atoms with Crippen LogP contribution in [-0.2, 0) is 25.7 Å². The Hall–Kier alpha value is -2.58. The van der Waals surface area contributed by atoms with Gasteiger partial charge in [0.15, 0.2) is 0 Å². The lowest BCUT2D eigenvalue weighted by Gasteiger charge is -2.39. The third kappa shape index (κ3) is 3.73. The number of carbonyl (C=O) groups excluding carboxylic acids is 3. The van der Waals surface area contributed by atoms with E-state index >= 15 is 0 Å². The number of amides is 2. The highest BCUT2D eigenvalue weighted by Crippen LogP contribution is 2.65. The number of nitrogens with zero attached hydrogens (tertiary/aromatic N) is 2. The lowest BCUT2D eigenvalue weighted by molar-refractivity contribution is -0.154. The Morgan fingerprint density at radius 2 is 1.89 bits per heavy atom. The summed E-state index contributed by atoms with van der Waals surface area (Å²) in [7, 11) is 0. The number of hydrogen-bond donors (Lipinski definition) is 1. The normalized spacial score (nSPS) is 35.1. The van der Waals surface area contributed by atoms with E-state index in [1.807, 2.05) is 68.5 Å². The van der Waals surface area contributed by atoms with Crippen LogP contribution in [-0.4, -0.2) is 74.0 Å². The Morgan fingerprint density at radius 1 is 1.11 bits per heavy atom. The molecule has 4 aliphatic heterocycles. The van der Waals surface area contributed by atoms with Crippen LogP contribution in [0.5, 0.6) is 0 Å². The molecule has 0 bridgehead atoms. The number of aliphatic hydroxyl groups is 1. The summed E-state index contributed by atoms with van der Waals surface area (Å²) in [5.74, 6) is -2.23. The smallest absolute Gasteiger partial charge is 0.311 e. The van der Waals surface area contributed by atoms with E-state index in [2.05, 4.69) is 0 Å². The van der Waals surface area contributed by atoms with Crippen molar-refractivity contribution in [3.8, 4) is 0 Å². The number of cyclic esters (lactones) is 1. The van der Waals surface area contributed by atoms with Gasteiger partial charge < -0.3 is 19.6 Å². The molecule has 4 aliphatic rings. The Balaban J connectivity index is 1.63. The zero-order valence-electron chi connectivity index (χ0n) is 20.1. The van der Waals surface area contributed by atoms with Crippen molar-refractivity contribution >= 4 is 29.5 Å². The Labute approximate surface area is 210 Å². The van der Waals surface area contributed by atoms with E-state index < -0.39 is 33.4 Å². The van der Waals surface area contributed by atoms with Gasteiger partial charge in [0.25, 0.3) is 0 Å². The van der Waals surface area contributed by atoms with Gasteiger partial charge in [-0.3, -0.25) is 14.4 Å². The third-order valence-electron chi connectivity index (χ3n) is 7.83. The van der Waals surface area contributed by atoms with E-state index in [1.165, 1.54) is 11.8 Å². The number of fused-ring (bicyclic) bond motifs is 2. The summed E-state index contributed by atoms with van der Waals surface area (Å²) < 4.78 is 3.96. The molecular weight excluding hydrogens is 464 g/mol. The number of aliphatic hydroxyl groups excluding tert-OH is 1. The van der Waals surface area contributed by atoms with Gasteiger partial charge in [0.05, 0.1) is 35.8 Å². The highest BCUT2D eigenvalue weighted by Gasteiger charge is 2.74. The van der Waals surface area contributed by atoms with Gasteiger partial charge >= 0.3 is 5.97 Å². The first-order valence-corrected chi connectivity index (χ1v) is 13.2. The van der Waals surface area contributed by atoms with E-state index in [1.54, 1.807) is 9.80 Å². The molecule has 0 radical (unpaired) electrons. The highest BCUT2D eigenvalue weighted by molar-refractivity contribution is 8.02. The lowest BCUT2D eigenvalue weighted by Crippen LogP contribution is -2.56. The quantitative estimate of drug-likeness (QED) is 0.498. The second kappa shape index (κ2) is 9.13. The molecule has 6 atom stereocenters. The third-order valence-corrected chi connectivity index (χ3v) is 9.63. The van der Waals surface area contributed by atoms with Crippen molar-refractivity contribution in [1.82, 2.24) is 9.80 Å². The maximum atomic E-state index is 14.3. The molecule has 0 aliphatic carbocycles. The predicted molar refractivity (Wildman–Crippen MR) is 133 cm³/mol. The minimum atomic E-state index is -0.921. The van der Waals surface area contributed by atoms with Gasteiger partial charge in [-0.05, 0) is 25.3 Å². The molecule has 2 amide bonds. The van der Waals surface area contributed by atoms with Crippen molar-refractivity contribution < 1.29 is 24.2 Å². The molecule has 5 rings (SSSR count). The van der Waals surface area contributed by atoms with Crippen molar-refractivity contribution in [2.75, 3.05) is 19.8 Å². The average molecular weight is 497 g/mol. The topological polar surface area (TPSA) is 87.2 Å². The van der Waals surface area contributed by atoms with Crippen LogP contribution in [0.1, 0.15) is 32.3 Å². The predicted octanol–water partition coefficient (Wildman–Crippen LogP) is 2.55. The van der Waals surface area contributed by atoms with Crippen LogP contribution in [0.4, 0.5) is 0 Å². The first-order chi connectivity index (χ1) is 16.9. The molecule has 4 heterocycles. The standard InChI is InChI=1S/C27H32N2O5S/c1-3-19(17-30)29-22-24(32)28(16-18-10-5-4-6-11-18)14-9-13-27(22)20(23(29)31)21-25(33)34-15-8-7-12-26(21,2)35-27/h4-7,9-13,19-22,30H,3,8,14-17H2,1-2H3/t19-,20-,21-,22?,26+,27-/m0/s1. The van der Waals surface area contributed by atoms with E-state index in [4.69, 9.17) is 4.74 Å². The van der Waals surface area contributed by atoms with Crippen LogP contribution in [0, 0.1) is 11.8 Å². The first kappa shape index (κ1) is 24.1. The average Bonchev–Trinajstić information content (AvgIpc) is 3.17. The van der Waals surface area contributed by atoms with Crippen LogP contribution >= 0.6 is 11.8 Å². The van der Waals surface area contributed by atoms with Gasteiger partial charge in [0.1, 0.15) is 6.04 Å². The number of carbonyl (C=O) groups is 3. The first-order valence-electron chi connectivity index (χ1n) is 12.3. The second-order valence-corrected chi connectivity index (χ2v) is 11.7. The monoisotopic (exact) mass is 496 g/mol. The van der Waals surface area contributed by atoms with Crippen LogP contribution in [0.25, 0.3) is 0 Å². The minimum absolute atomic E-state index is 0.149. The van der Waals surface area contributed by atoms with Gasteiger partial charge in [-0.15, -0.1) is 11.8 Å². The largest absolute Gasteiger partial charge is 0.465 e. The summed E-state index contributed by atoms with van der Waals surface area (Å²) in [5, 5.41) is 10.2. The van der Waals surface area contributed by atoms with Crippen LogP contribution in [0.15, 0.2) is 54.6 Å². The number of rotatable bonds is 5. The fourth-order valence-electron chi connectivity index (χ4n) is 6.23. The molecule has 1 N–H and O–H groups in total. The molecule has 1 unspecified atom stereocenters. The Bertz CT molecular complexity index is 1070. The summed E-state index contributed by atoms with van der Waals surface area (Å²) in [5.41, 5.74) is 1.01. The number of likely N-dealkylation sites (tertiary alicyclic amines) is 1. The van der Waals surface area contributed by atoms with Crippen molar-refractivity contribution in [3.05, 3.63) is 60.2 Å². The zero-order valence-corrected chi connectivity index (χ0v) is 20.9. The SMILES string of the molecule is CC[C@@H](CO)N1C(=O)[C@@H]2[C@H]3C(=O)OCCC=C[C@@]3(C)S[C@@]23C=CCN(Cc2ccccc2)C(=O)C13. The van der Waals surface area contributed by atoms with Gasteiger partial charge in [-0.25, -0.2) is 0 Å². The minimum Gasteiger partial charge on any atom is -0.465 e. The van der Waals surface area contributed by atoms with E-state index in [-0.39, 0.29) is 31.0 Å². The second-order valence-electron chi connectivity index (χ2n) is 9.95. The maximum Gasteiger partial charge on any atom is 0.311 e. The number of thioether (sulfide) groups is 1. The van der Waals surface area contributed by atoms with Crippen molar-refractivity contribution in [3.63, 3.8) is 0 Å². The summed E-state index contributed by atoms with van der Waals surface area (Å²) in [6.07, 6.45) is 9.13. The van der Waals surface area contributed by atoms with Gasteiger partial charge in [-0.1, -0.05) is 61.6 Å². The summed E-state index contributed by atoms with van der Waals surface area (Å²) in [6.45, 7) is 4.75. The van der Waals surface area contributed by atoms with Crippen LogP contribution < -0.4 is 0 Å². The zero-order chi connectivity index (χ0) is 24.8. The van der Waals surface area contributed by atoms with E-state index in [0.717, 1.165) is 5.56 Å². The fraction of sp³-hybridized carbons (Fsp3) is 0.519. The van der Waals surface area contributed by atoms with Crippen LogP contribution in [0.3, 0.4) is 0 Å². The summed E-state index contributed by atoms with van der Waals surface area (Å²) >= 11 is 1.53.